The zero-order chi connectivity index (χ0) is 31.8. The summed E-state index contributed by atoms with van der Waals surface area (Å²) < 4.78 is 46.4. The number of aliphatic carboxylic acids is 1. The summed E-state index contributed by atoms with van der Waals surface area (Å²) in [5, 5.41) is 12.3. The van der Waals surface area contributed by atoms with Gasteiger partial charge in [0.25, 0.3) is 5.91 Å². The number of nitrogens with zero attached hydrogens (tertiary/aromatic N) is 3. The first-order valence-electron chi connectivity index (χ1n) is 14.0. The van der Waals surface area contributed by atoms with Crippen LogP contribution in [0.25, 0.3) is 10.8 Å². The first kappa shape index (κ1) is 30.9. The van der Waals surface area contributed by atoms with Crippen molar-refractivity contribution in [3.05, 3.63) is 96.1 Å². The summed E-state index contributed by atoms with van der Waals surface area (Å²) >= 11 is 0. The number of aromatic nitrogens is 1. The molecule has 0 spiro atoms. The zero-order valence-electron chi connectivity index (χ0n) is 24.4. The van der Waals surface area contributed by atoms with E-state index in [0.29, 0.717) is 11.3 Å². The van der Waals surface area contributed by atoms with Crippen LogP contribution >= 0.6 is 0 Å². The highest BCUT2D eigenvalue weighted by molar-refractivity contribution is 7.92. The molecule has 1 aliphatic rings. The minimum absolute atomic E-state index is 0.0290. The van der Waals surface area contributed by atoms with Crippen LogP contribution in [0, 0.1) is 11.7 Å². The number of sulfone groups is 1. The molecule has 1 saturated heterocycles. The van der Waals surface area contributed by atoms with Gasteiger partial charge in [0.15, 0.2) is 21.4 Å². The summed E-state index contributed by atoms with van der Waals surface area (Å²) in [6.07, 6.45) is 3.41. The minimum Gasteiger partial charge on any atom is -0.494 e. The van der Waals surface area contributed by atoms with Crippen LogP contribution in [-0.4, -0.2) is 54.2 Å². The van der Waals surface area contributed by atoms with Crippen molar-refractivity contribution in [3.63, 3.8) is 0 Å². The lowest BCUT2D eigenvalue weighted by atomic mass is 9.93. The van der Waals surface area contributed by atoms with Crippen molar-refractivity contribution in [1.29, 1.82) is 0 Å². The van der Waals surface area contributed by atoms with Gasteiger partial charge in [0, 0.05) is 24.3 Å². The predicted octanol–water partition coefficient (Wildman–Crippen LogP) is 4.66. The third-order valence-corrected chi connectivity index (χ3v) is 10.3. The smallest absolute Gasteiger partial charge is 0.309 e. The number of pyridine rings is 1. The lowest BCUT2D eigenvalue weighted by molar-refractivity contribution is -0.143. The second kappa shape index (κ2) is 12.2. The molecule has 3 aromatic carbocycles. The second-order valence-corrected chi connectivity index (χ2v) is 13.4. The summed E-state index contributed by atoms with van der Waals surface area (Å²) in [5.41, 5.74) is 0.974. The molecule has 0 unspecified atom stereocenters. The number of amides is 1. The van der Waals surface area contributed by atoms with E-state index in [2.05, 4.69) is 4.98 Å². The Morgan fingerprint density at radius 1 is 1.09 bits per heavy atom. The van der Waals surface area contributed by atoms with Gasteiger partial charge in [0.2, 0.25) is 0 Å². The maximum absolute atomic E-state index is 14.7. The number of benzene rings is 3. The number of carboxylic acids is 1. The van der Waals surface area contributed by atoms with Gasteiger partial charge in [-0.05, 0) is 73.2 Å². The molecule has 1 amide bonds. The number of hydrogen-bond acceptors (Lipinski definition) is 8. The third-order valence-electron chi connectivity index (χ3n) is 8.09. The van der Waals surface area contributed by atoms with Crippen molar-refractivity contribution in [1.82, 2.24) is 9.88 Å². The van der Waals surface area contributed by atoms with Crippen LogP contribution in [0.1, 0.15) is 43.5 Å². The van der Waals surface area contributed by atoms with Crippen molar-refractivity contribution in [3.8, 4) is 5.75 Å². The first-order valence-corrected chi connectivity index (χ1v) is 15.6. The molecule has 3 atom stereocenters. The Kier molecular flexibility index (Phi) is 8.57. The molecule has 1 fully saturated rings. The molecule has 230 valence electrons. The van der Waals surface area contributed by atoms with E-state index in [1.165, 1.54) is 41.3 Å². The Morgan fingerprint density at radius 2 is 1.84 bits per heavy atom. The summed E-state index contributed by atoms with van der Waals surface area (Å²) in [7, 11) is -2.54. The van der Waals surface area contributed by atoms with Gasteiger partial charge in [-0.3, -0.25) is 19.6 Å². The Morgan fingerprint density at radius 3 is 2.55 bits per heavy atom. The molecule has 0 saturated carbocycles. The molecule has 2 heterocycles. The SMILES string of the molecule is COc1cc([C@H](C(=O)N2CC[C@@H](C(=O)O)[C@H]2c2ccccc2S(=O)(=O)C(C)C)N(N)c2ccc3cnccc3c2)ccc1F. The third kappa shape index (κ3) is 5.58. The molecular formula is C32H33FN4O6S. The fourth-order valence-electron chi connectivity index (χ4n) is 5.73. The van der Waals surface area contributed by atoms with Crippen LogP contribution < -0.4 is 15.6 Å². The monoisotopic (exact) mass is 620 g/mol. The first-order chi connectivity index (χ1) is 20.9. The number of carbonyl (C=O) groups excluding carboxylic acids is 1. The number of anilines is 1. The van der Waals surface area contributed by atoms with Gasteiger partial charge in [-0.2, -0.15) is 0 Å². The Bertz CT molecular complexity index is 1830. The van der Waals surface area contributed by atoms with Crippen molar-refractivity contribution in [2.75, 3.05) is 18.7 Å². The van der Waals surface area contributed by atoms with Crippen LogP contribution in [-0.2, 0) is 19.4 Å². The van der Waals surface area contributed by atoms with Crippen LogP contribution in [0.4, 0.5) is 10.1 Å². The molecule has 0 bridgehead atoms. The largest absolute Gasteiger partial charge is 0.494 e. The van der Waals surface area contributed by atoms with Crippen LogP contribution in [0.3, 0.4) is 0 Å². The van der Waals surface area contributed by atoms with Crippen LogP contribution in [0.15, 0.2) is 84.0 Å². The number of hydrazine groups is 1. The summed E-state index contributed by atoms with van der Waals surface area (Å²) in [6.45, 7) is 3.12. The highest BCUT2D eigenvalue weighted by atomic mass is 32.2. The molecule has 3 N–H and O–H groups in total. The number of methoxy groups -OCH3 is 1. The van der Waals surface area contributed by atoms with E-state index in [4.69, 9.17) is 10.6 Å². The highest BCUT2D eigenvalue weighted by Gasteiger charge is 2.47. The maximum Gasteiger partial charge on any atom is 0.309 e. The molecule has 1 aromatic heterocycles. The van der Waals surface area contributed by atoms with E-state index in [1.807, 2.05) is 0 Å². The molecule has 10 nitrogen and oxygen atoms in total. The quantitative estimate of drug-likeness (QED) is 0.202. The van der Waals surface area contributed by atoms with Gasteiger partial charge < -0.3 is 14.7 Å². The van der Waals surface area contributed by atoms with E-state index in [9.17, 15) is 27.5 Å². The normalized spacial score (nSPS) is 17.5. The number of carboxylic acid groups (broad SMARTS) is 1. The molecule has 4 aromatic rings. The molecule has 0 radical (unpaired) electrons. The fourth-order valence-corrected chi connectivity index (χ4v) is 7.02. The average molecular weight is 621 g/mol. The number of halogens is 1. The standard InChI is InChI=1S/C32H33FN4O6S/c1-19(2)44(41,42)28-7-5-4-6-24(28)30-25(32(39)40)13-15-36(30)31(38)29(21-9-11-26(33)27(17-21)43-3)37(34)23-10-8-22-18-35-14-12-20(22)16-23/h4-12,14,16-19,25,29-30H,13,15,34H2,1-3H3,(H,39,40)/t25-,29-,30-/m1/s1. The zero-order valence-corrected chi connectivity index (χ0v) is 25.2. The number of carbonyl (C=O) groups is 2. The average Bonchev–Trinajstić information content (AvgIpc) is 3.47. The topological polar surface area (TPSA) is 143 Å². The van der Waals surface area contributed by atoms with Crippen molar-refractivity contribution >= 4 is 38.2 Å². The van der Waals surface area contributed by atoms with Gasteiger partial charge in [-0.15, -0.1) is 0 Å². The van der Waals surface area contributed by atoms with E-state index < -0.39 is 50.8 Å². The summed E-state index contributed by atoms with van der Waals surface area (Å²) in [4.78, 5) is 32.6. The molecule has 0 aliphatic carbocycles. The van der Waals surface area contributed by atoms with Gasteiger partial charge in [0.05, 0.1) is 34.9 Å². The number of ether oxygens (including phenoxy) is 1. The van der Waals surface area contributed by atoms with E-state index in [0.717, 1.165) is 10.8 Å². The van der Waals surface area contributed by atoms with Gasteiger partial charge in [-0.25, -0.2) is 18.7 Å². The number of rotatable bonds is 9. The predicted molar refractivity (Wildman–Crippen MR) is 163 cm³/mol. The Balaban J connectivity index is 1.66. The van der Waals surface area contributed by atoms with Crippen LogP contribution in [0.5, 0.6) is 5.75 Å². The van der Waals surface area contributed by atoms with Crippen molar-refractivity contribution < 1.29 is 32.2 Å². The number of nitrogens with two attached hydrogens (primary N) is 1. The maximum atomic E-state index is 14.7. The van der Waals surface area contributed by atoms with Gasteiger partial charge in [0.1, 0.15) is 6.04 Å². The van der Waals surface area contributed by atoms with Gasteiger partial charge in [-0.1, -0.05) is 30.3 Å². The Labute approximate surface area is 254 Å². The van der Waals surface area contributed by atoms with E-state index in [1.54, 1.807) is 68.7 Å². The summed E-state index contributed by atoms with van der Waals surface area (Å²) in [6, 6.07) is 14.9. The Hall–Kier alpha value is -4.55. The van der Waals surface area contributed by atoms with Crippen molar-refractivity contribution in [2.45, 2.75) is 42.5 Å². The minimum atomic E-state index is -3.84. The van der Waals surface area contributed by atoms with Crippen LogP contribution in [0.2, 0.25) is 0 Å². The molecular weight excluding hydrogens is 587 g/mol. The second-order valence-electron chi connectivity index (χ2n) is 11.0. The summed E-state index contributed by atoms with van der Waals surface area (Å²) in [5.74, 6) is 3.14. The highest BCUT2D eigenvalue weighted by Crippen LogP contribution is 2.43. The lowest BCUT2D eigenvalue weighted by Gasteiger charge is -2.36. The lowest BCUT2D eigenvalue weighted by Crippen LogP contribution is -2.47. The fraction of sp³-hybridized carbons (Fsp3) is 0.281. The van der Waals surface area contributed by atoms with E-state index in [-0.39, 0.29) is 29.2 Å². The van der Waals surface area contributed by atoms with Gasteiger partial charge >= 0.3 is 5.97 Å². The molecule has 1 aliphatic heterocycles. The molecule has 44 heavy (non-hydrogen) atoms. The molecule has 12 heteroatoms. The van der Waals surface area contributed by atoms with E-state index >= 15 is 0 Å². The number of hydrogen-bond donors (Lipinski definition) is 2. The number of fused-ring (bicyclic) bond motifs is 1. The molecule has 5 rings (SSSR count). The number of likely N-dealkylation sites (tertiary alicyclic amines) is 1. The van der Waals surface area contributed by atoms with Crippen molar-refractivity contribution in [2.24, 2.45) is 11.8 Å².